The lowest BCUT2D eigenvalue weighted by molar-refractivity contribution is 0.0919. The second-order valence-corrected chi connectivity index (χ2v) is 9.32. The maximum atomic E-state index is 14.9. The summed E-state index contributed by atoms with van der Waals surface area (Å²) in [5.41, 5.74) is 5.00. The first kappa shape index (κ1) is 22.5. The number of amides is 1. The number of carbonyl (C=O) groups is 1. The van der Waals surface area contributed by atoms with Crippen LogP contribution in [0.2, 0.25) is 0 Å². The summed E-state index contributed by atoms with van der Waals surface area (Å²) in [4.78, 5) is 13.1. The van der Waals surface area contributed by atoms with Gasteiger partial charge in [-0.25, -0.2) is 4.39 Å². The maximum Gasteiger partial charge on any atom is 0.251 e. The number of benzene rings is 3. The zero-order valence-electron chi connectivity index (χ0n) is 19.5. The van der Waals surface area contributed by atoms with Crippen LogP contribution in [0.4, 0.5) is 4.39 Å². The number of aromatic nitrogens is 1. The largest absolute Gasteiger partial charge is 0.355 e. The molecule has 4 aromatic rings. The predicted molar refractivity (Wildman–Crippen MR) is 129 cm³/mol. The van der Waals surface area contributed by atoms with Gasteiger partial charge in [0.15, 0.2) is 5.76 Å². The standard InChI is InChI=1S/C28H27FN2O2/c1-17-11-12-23(24(29)13-17)20-14-21(16-22(15-20)27(32)30-28(3,4)5)25-18(2)31-33-26(25)19-9-7-6-8-10-19/h6-16H,1-5H3,(H,30,32). The third-order valence-corrected chi connectivity index (χ3v) is 5.31. The van der Waals surface area contributed by atoms with Gasteiger partial charge < -0.3 is 9.84 Å². The minimum Gasteiger partial charge on any atom is -0.355 e. The van der Waals surface area contributed by atoms with Crippen LogP contribution < -0.4 is 5.32 Å². The van der Waals surface area contributed by atoms with Gasteiger partial charge >= 0.3 is 0 Å². The summed E-state index contributed by atoms with van der Waals surface area (Å²) in [5, 5.41) is 7.18. The number of carbonyl (C=O) groups excluding carboxylic acids is 1. The molecule has 1 N–H and O–H groups in total. The van der Waals surface area contributed by atoms with E-state index in [1.165, 1.54) is 6.07 Å². The van der Waals surface area contributed by atoms with Gasteiger partial charge in [0, 0.05) is 22.2 Å². The number of aryl methyl sites for hydroxylation is 2. The summed E-state index contributed by atoms with van der Waals surface area (Å²) < 4.78 is 20.6. The summed E-state index contributed by atoms with van der Waals surface area (Å²) >= 11 is 0. The normalized spacial score (nSPS) is 11.5. The molecule has 4 rings (SSSR count). The molecule has 1 amide bonds. The molecule has 0 aliphatic rings. The number of nitrogens with one attached hydrogen (secondary N) is 1. The molecule has 0 atom stereocenters. The van der Waals surface area contributed by atoms with Gasteiger partial charge in [0.25, 0.3) is 5.91 Å². The Hall–Kier alpha value is -3.73. The van der Waals surface area contributed by atoms with Crippen molar-refractivity contribution >= 4 is 5.91 Å². The zero-order valence-corrected chi connectivity index (χ0v) is 19.5. The van der Waals surface area contributed by atoms with Crippen LogP contribution in [0.1, 0.15) is 42.4 Å². The van der Waals surface area contributed by atoms with Crippen LogP contribution in [0.5, 0.6) is 0 Å². The lowest BCUT2D eigenvalue weighted by atomic mass is 9.93. The quantitative estimate of drug-likeness (QED) is 0.372. The van der Waals surface area contributed by atoms with Gasteiger partial charge in [-0.05, 0) is 75.6 Å². The Balaban J connectivity index is 1.93. The first-order valence-electron chi connectivity index (χ1n) is 10.9. The SMILES string of the molecule is Cc1ccc(-c2cc(C(=O)NC(C)(C)C)cc(-c3c(C)noc3-c3ccccc3)c2)c(F)c1. The van der Waals surface area contributed by atoms with E-state index >= 15 is 0 Å². The summed E-state index contributed by atoms with van der Waals surface area (Å²) in [6, 6.07) is 20.2. The Morgan fingerprint density at radius 1 is 0.909 bits per heavy atom. The predicted octanol–water partition coefficient (Wildman–Crippen LogP) is 6.96. The Bertz CT molecular complexity index is 1320. The van der Waals surface area contributed by atoms with Crippen molar-refractivity contribution < 1.29 is 13.7 Å². The minimum absolute atomic E-state index is 0.228. The zero-order chi connectivity index (χ0) is 23.8. The molecule has 0 fully saturated rings. The van der Waals surface area contributed by atoms with Crippen LogP contribution in [0, 0.1) is 19.7 Å². The van der Waals surface area contributed by atoms with E-state index in [9.17, 15) is 9.18 Å². The molecule has 0 saturated carbocycles. The highest BCUT2D eigenvalue weighted by atomic mass is 19.1. The molecule has 1 heterocycles. The second-order valence-electron chi connectivity index (χ2n) is 9.32. The molecule has 0 radical (unpaired) electrons. The highest BCUT2D eigenvalue weighted by Crippen LogP contribution is 2.38. The monoisotopic (exact) mass is 442 g/mol. The topological polar surface area (TPSA) is 55.1 Å². The number of rotatable bonds is 4. The third kappa shape index (κ3) is 4.87. The number of hydrogen-bond acceptors (Lipinski definition) is 3. The molecule has 5 heteroatoms. The van der Waals surface area contributed by atoms with Gasteiger partial charge in [-0.2, -0.15) is 0 Å². The van der Waals surface area contributed by atoms with Crippen LogP contribution in [-0.2, 0) is 0 Å². The fourth-order valence-electron chi connectivity index (χ4n) is 3.82. The molecule has 168 valence electrons. The van der Waals surface area contributed by atoms with Gasteiger partial charge in [-0.3, -0.25) is 4.79 Å². The molecule has 0 saturated heterocycles. The molecular weight excluding hydrogens is 415 g/mol. The summed E-state index contributed by atoms with van der Waals surface area (Å²) in [6.45, 7) is 9.48. The van der Waals surface area contributed by atoms with Gasteiger partial charge in [0.05, 0.1) is 11.3 Å². The van der Waals surface area contributed by atoms with Gasteiger partial charge in [-0.1, -0.05) is 47.6 Å². The molecule has 3 aromatic carbocycles. The maximum absolute atomic E-state index is 14.9. The molecule has 0 aliphatic carbocycles. The number of halogens is 1. The first-order valence-corrected chi connectivity index (χ1v) is 10.9. The van der Waals surface area contributed by atoms with E-state index in [2.05, 4.69) is 10.5 Å². The fourth-order valence-corrected chi connectivity index (χ4v) is 3.82. The number of nitrogens with zero attached hydrogens (tertiary/aromatic N) is 1. The molecule has 0 unspecified atom stereocenters. The summed E-state index contributed by atoms with van der Waals surface area (Å²) in [7, 11) is 0. The third-order valence-electron chi connectivity index (χ3n) is 5.31. The lowest BCUT2D eigenvalue weighted by Crippen LogP contribution is -2.40. The van der Waals surface area contributed by atoms with Crippen molar-refractivity contribution in [2.24, 2.45) is 0 Å². The number of hydrogen-bond donors (Lipinski definition) is 1. The Kier molecular flexibility index (Phi) is 5.90. The molecule has 0 bridgehead atoms. The molecule has 0 aliphatic heterocycles. The van der Waals surface area contributed by atoms with E-state index in [0.717, 1.165) is 22.3 Å². The Morgan fingerprint density at radius 2 is 1.61 bits per heavy atom. The van der Waals surface area contributed by atoms with E-state index in [1.54, 1.807) is 12.1 Å². The summed E-state index contributed by atoms with van der Waals surface area (Å²) in [6.07, 6.45) is 0. The van der Waals surface area contributed by atoms with Crippen LogP contribution >= 0.6 is 0 Å². The Labute approximate surface area is 193 Å². The van der Waals surface area contributed by atoms with Crippen molar-refractivity contribution in [2.75, 3.05) is 0 Å². The van der Waals surface area contributed by atoms with E-state index < -0.39 is 5.54 Å². The van der Waals surface area contributed by atoms with Crippen LogP contribution in [0.15, 0.2) is 71.3 Å². The molecular formula is C28H27FN2O2. The smallest absolute Gasteiger partial charge is 0.251 e. The highest BCUT2D eigenvalue weighted by molar-refractivity contribution is 5.98. The first-order chi connectivity index (χ1) is 15.6. The van der Waals surface area contributed by atoms with Crippen molar-refractivity contribution in [1.82, 2.24) is 10.5 Å². The fraction of sp³-hybridized carbons (Fsp3) is 0.214. The van der Waals surface area contributed by atoms with Gasteiger partial charge in [-0.15, -0.1) is 0 Å². The van der Waals surface area contributed by atoms with Crippen molar-refractivity contribution in [3.05, 3.63) is 89.4 Å². The van der Waals surface area contributed by atoms with Crippen LogP contribution in [0.25, 0.3) is 33.6 Å². The lowest BCUT2D eigenvalue weighted by Gasteiger charge is -2.21. The second kappa shape index (κ2) is 8.66. The highest BCUT2D eigenvalue weighted by Gasteiger charge is 2.22. The van der Waals surface area contributed by atoms with E-state index in [0.29, 0.717) is 28.1 Å². The van der Waals surface area contributed by atoms with Crippen molar-refractivity contribution in [1.29, 1.82) is 0 Å². The van der Waals surface area contributed by atoms with Crippen LogP contribution in [0.3, 0.4) is 0 Å². The van der Waals surface area contributed by atoms with Gasteiger partial charge in [0.1, 0.15) is 5.82 Å². The molecule has 0 spiro atoms. The van der Waals surface area contributed by atoms with Gasteiger partial charge in [0.2, 0.25) is 0 Å². The molecule has 33 heavy (non-hydrogen) atoms. The van der Waals surface area contributed by atoms with Crippen LogP contribution in [-0.4, -0.2) is 16.6 Å². The van der Waals surface area contributed by atoms with E-state index in [1.807, 2.05) is 83.1 Å². The van der Waals surface area contributed by atoms with E-state index in [-0.39, 0.29) is 11.7 Å². The van der Waals surface area contributed by atoms with E-state index in [4.69, 9.17) is 4.52 Å². The average molecular weight is 443 g/mol. The van der Waals surface area contributed by atoms with Crippen molar-refractivity contribution in [2.45, 2.75) is 40.2 Å². The molecule has 1 aromatic heterocycles. The summed E-state index contributed by atoms with van der Waals surface area (Å²) in [5.74, 6) is 0.0462. The Morgan fingerprint density at radius 3 is 2.27 bits per heavy atom. The average Bonchev–Trinajstić information content (AvgIpc) is 3.14. The molecule has 4 nitrogen and oxygen atoms in total. The minimum atomic E-state index is -0.412. The van der Waals surface area contributed by atoms with Crippen molar-refractivity contribution in [3.63, 3.8) is 0 Å². The van der Waals surface area contributed by atoms with Crippen molar-refractivity contribution in [3.8, 4) is 33.6 Å².